The normalized spacial score (nSPS) is 18.1. The number of para-hydroxylation sites is 2. The van der Waals surface area contributed by atoms with Crippen molar-refractivity contribution in [2.24, 2.45) is 11.8 Å². The van der Waals surface area contributed by atoms with Crippen molar-refractivity contribution in [2.45, 2.75) is 12.8 Å². The van der Waals surface area contributed by atoms with E-state index in [1.54, 1.807) is 19.2 Å². The second kappa shape index (κ2) is 8.23. The van der Waals surface area contributed by atoms with E-state index in [9.17, 15) is 9.59 Å². The van der Waals surface area contributed by atoms with E-state index < -0.39 is 0 Å². The Kier molecular flexibility index (Phi) is 5.78. The molecule has 6 heteroatoms. The smallest absolute Gasteiger partial charge is 0.228 e. The molecule has 2 atom stereocenters. The summed E-state index contributed by atoms with van der Waals surface area (Å²) in [4.78, 5) is 24.5. The van der Waals surface area contributed by atoms with Crippen molar-refractivity contribution in [3.63, 3.8) is 0 Å². The van der Waals surface area contributed by atoms with Crippen LogP contribution in [-0.2, 0) is 16.0 Å². The number of hydrogen-bond donors (Lipinski definition) is 2. The molecular weight excluding hydrogens is 352 g/mol. The molecule has 1 aliphatic carbocycles. The Labute approximate surface area is 157 Å². The van der Waals surface area contributed by atoms with Gasteiger partial charge >= 0.3 is 0 Å². The predicted molar refractivity (Wildman–Crippen MR) is 101 cm³/mol. The largest absolute Gasteiger partial charge is 0.495 e. The van der Waals surface area contributed by atoms with E-state index >= 15 is 0 Å². The van der Waals surface area contributed by atoms with Crippen LogP contribution in [0.15, 0.2) is 48.5 Å². The van der Waals surface area contributed by atoms with E-state index in [0.29, 0.717) is 29.4 Å². The number of carbonyl (C=O) groups is 2. The third kappa shape index (κ3) is 4.55. The minimum Gasteiger partial charge on any atom is -0.495 e. The van der Waals surface area contributed by atoms with Gasteiger partial charge in [0.25, 0.3) is 0 Å². The van der Waals surface area contributed by atoms with Gasteiger partial charge in [-0.05, 0) is 42.7 Å². The van der Waals surface area contributed by atoms with E-state index in [1.807, 2.05) is 36.4 Å². The van der Waals surface area contributed by atoms with Gasteiger partial charge in [0.2, 0.25) is 11.8 Å². The van der Waals surface area contributed by atoms with Crippen LogP contribution in [0.3, 0.4) is 0 Å². The molecule has 0 aromatic heterocycles. The monoisotopic (exact) mass is 372 g/mol. The molecule has 0 bridgehead atoms. The number of anilines is 1. The molecule has 2 aromatic rings. The van der Waals surface area contributed by atoms with Gasteiger partial charge in [-0.2, -0.15) is 0 Å². The Morgan fingerprint density at radius 3 is 2.50 bits per heavy atom. The minimum atomic E-state index is -0.282. The first-order chi connectivity index (χ1) is 12.6. The summed E-state index contributed by atoms with van der Waals surface area (Å²) in [5.41, 5.74) is 1.73. The number of nitrogens with one attached hydrogen (secondary N) is 2. The second-order valence-corrected chi connectivity index (χ2v) is 6.74. The van der Waals surface area contributed by atoms with Gasteiger partial charge in [0, 0.05) is 11.6 Å². The number of amides is 2. The fourth-order valence-electron chi connectivity index (χ4n) is 2.86. The number of rotatable bonds is 7. The third-order valence-electron chi connectivity index (χ3n) is 4.45. The Bertz CT molecular complexity index is 792. The maximum Gasteiger partial charge on any atom is 0.228 e. The van der Waals surface area contributed by atoms with Crippen molar-refractivity contribution in [3.05, 3.63) is 59.1 Å². The van der Waals surface area contributed by atoms with E-state index in [4.69, 9.17) is 16.3 Å². The van der Waals surface area contributed by atoms with E-state index in [1.165, 1.54) is 0 Å². The molecule has 0 saturated heterocycles. The van der Waals surface area contributed by atoms with Crippen LogP contribution in [0.5, 0.6) is 5.75 Å². The highest BCUT2D eigenvalue weighted by molar-refractivity contribution is 6.30. The number of hydrogen-bond acceptors (Lipinski definition) is 3. The molecule has 3 rings (SSSR count). The molecule has 0 spiro atoms. The molecule has 136 valence electrons. The summed E-state index contributed by atoms with van der Waals surface area (Å²) in [5.74, 6) is -0.151. The van der Waals surface area contributed by atoms with Gasteiger partial charge in [-0.15, -0.1) is 0 Å². The zero-order chi connectivity index (χ0) is 18.5. The highest BCUT2D eigenvalue weighted by atomic mass is 35.5. The summed E-state index contributed by atoms with van der Waals surface area (Å²) in [6.07, 6.45) is 1.31. The van der Waals surface area contributed by atoms with Crippen LogP contribution >= 0.6 is 11.6 Å². The van der Waals surface area contributed by atoms with Crippen LogP contribution in [0, 0.1) is 11.8 Å². The van der Waals surface area contributed by atoms with Gasteiger partial charge in [-0.3, -0.25) is 9.59 Å². The Balaban J connectivity index is 1.44. The van der Waals surface area contributed by atoms with Gasteiger partial charge in [0.05, 0.1) is 24.6 Å². The lowest BCUT2D eigenvalue weighted by Crippen LogP contribution is -2.29. The molecule has 1 aliphatic rings. The van der Waals surface area contributed by atoms with Crippen molar-refractivity contribution in [1.82, 2.24) is 5.32 Å². The average molecular weight is 373 g/mol. The van der Waals surface area contributed by atoms with Gasteiger partial charge in [0.15, 0.2) is 0 Å². The molecule has 0 radical (unpaired) electrons. The Morgan fingerprint density at radius 2 is 1.77 bits per heavy atom. The molecule has 0 heterocycles. The quantitative estimate of drug-likeness (QED) is 0.783. The Hall–Kier alpha value is -2.53. The summed E-state index contributed by atoms with van der Waals surface area (Å²) in [6, 6.07) is 14.8. The van der Waals surface area contributed by atoms with E-state index in [-0.39, 0.29) is 23.7 Å². The van der Waals surface area contributed by atoms with Gasteiger partial charge in [-0.25, -0.2) is 0 Å². The topological polar surface area (TPSA) is 67.4 Å². The summed E-state index contributed by atoms with van der Waals surface area (Å²) in [7, 11) is 1.55. The molecule has 2 amide bonds. The number of halogens is 1. The third-order valence-corrected chi connectivity index (χ3v) is 4.71. The van der Waals surface area contributed by atoms with Crippen molar-refractivity contribution in [3.8, 4) is 5.75 Å². The lowest BCUT2D eigenvalue weighted by Gasteiger charge is -2.09. The average Bonchev–Trinajstić information content (AvgIpc) is 3.45. The predicted octanol–water partition coefficient (Wildman–Crippen LogP) is 3.28. The molecule has 5 nitrogen and oxygen atoms in total. The fourth-order valence-corrected chi connectivity index (χ4v) is 2.99. The number of carbonyl (C=O) groups excluding carboxylic acids is 2. The van der Waals surface area contributed by atoms with Crippen molar-refractivity contribution in [2.75, 3.05) is 19.0 Å². The van der Waals surface area contributed by atoms with Gasteiger partial charge < -0.3 is 15.4 Å². The van der Waals surface area contributed by atoms with E-state index in [0.717, 1.165) is 12.0 Å². The maximum absolute atomic E-state index is 12.3. The number of methoxy groups -OCH3 is 1. The second-order valence-electron chi connectivity index (χ2n) is 6.31. The molecule has 2 unspecified atom stereocenters. The zero-order valence-electron chi connectivity index (χ0n) is 14.5. The fraction of sp³-hybridized carbons (Fsp3) is 0.300. The SMILES string of the molecule is COc1ccccc1NC(=O)C1CC1C(=O)NCCc1ccc(Cl)cc1. The van der Waals surface area contributed by atoms with Gasteiger partial charge in [0.1, 0.15) is 5.75 Å². The first kappa shape index (κ1) is 18.3. The van der Waals surface area contributed by atoms with Crippen LogP contribution < -0.4 is 15.4 Å². The number of benzene rings is 2. The summed E-state index contributed by atoms with van der Waals surface area (Å²) in [6.45, 7) is 0.539. The summed E-state index contributed by atoms with van der Waals surface area (Å²) < 4.78 is 5.22. The van der Waals surface area contributed by atoms with Gasteiger partial charge in [-0.1, -0.05) is 35.9 Å². The van der Waals surface area contributed by atoms with Crippen LogP contribution in [-0.4, -0.2) is 25.5 Å². The van der Waals surface area contributed by atoms with Crippen molar-refractivity contribution >= 4 is 29.1 Å². The molecule has 1 saturated carbocycles. The number of ether oxygens (including phenoxy) is 1. The molecule has 0 aliphatic heterocycles. The minimum absolute atomic E-state index is 0.0702. The standard InChI is InChI=1S/C20H21ClN2O3/c1-26-18-5-3-2-4-17(18)23-20(25)16-12-15(16)19(24)22-11-10-13-6-8-14(21)9-7-13/h2-9,15-16H,10-12H2,1H3,(H,22,24)(H,23,25). The molecule has 1 fully saturated rings. The highest BCUT2D eigenvalue weighted by Gasteiger charge is 2.48. The summed E-state index contributed by atoms with van der Waals surface area (Å²) in [5, 5.41) is 6.44. The molecule has 2 aromatic carbocycles. The molecule has 26 heavy (non-hydrogen) atoms. The van der Waals surface area contributed by atoms with Crippen LogP contribution in [0.4, 0.5) is 5.69 Å². The molecule has 2 N–H and O–H groups in total. The highest BCUT2D eigenvalue weighted by Crippen LogP contribution is 2.40. The lowest BCUT2D eigenvalue weighted by atomic mass is 10.1. The van der Waals surface area contributed by atoms with Crippen LogP contribution in [0.1, 0.15) is 12.0 Å². The maximum atomic E-state index is 12.3. The first-order valence-electron chi connectivity index (χ1n) is 8.54. The van der Waals surface area contributed by atoms with Crippen molar-refractivity contribution < 1.29 is 14.3 Å². The Morgan fingerprint density at radius 1 is 1.08 bits per heavy atom. The van der Waals surface area contributed by atoms with Crippen LogP contribution in [0.2, 0.25) is 5.02 Å². The van der Waals surface area contributed by atoms with Crippen molar-refractivity contribution in [1.29, 1.82) is 0 Å². The lowest BCUT2D eigenvalue weighted by molar-refractivity contribution is -0.125. The van der Waals surface area contributed by atoms with Crippen LogP contribution in [0.25, 0.3) is 0 Å². The molecular formula is C20H21ClN2O3. The zero-order valence-corrected chi connectivity index (χ0v) is 15.3. The summed E-state index contributed by atoms with van der Waals surface area (Å²) >= 11 is 5.85. The van der Waals surface area contributed by atoms with E-state index in [2.05, 4.69) is 10.6 Å². The first-order valence-corrected chi connectivity index (χ1v) is 8.92.